The number of alkyl halides is 2. The Kier molecular flexibility index (Phi) is 4.90. The van der Waals surface area contributed by atoms with Gasteiger partial charge in [-0.05, 0) is 37.5 Å². The lowest BCUT2D eigenvalue weighted by Gasteiger charge is -2.23. The Morgan fingerprint density at radius 2 is 1.97 bits per heavy atom. The number of carbonyl (C=O) groups is 2. The molecule has 0 spiro atoms. The van der Waals surface area contributed by atoms with Crippen LogP contribution < -0.4 is 10.1 Å². The van der Waals surface area contributed by atoms with Gasteiger partial charge in [-0.15, -0.1) is 0 Å². The minimum atomic E-state index is -3.04. The van der Waals surface area contributed by atoms with E-state index in [1.807, 2.05) is 0 Å². The van der Waals surface area contributed by atoms with Crippen LogP contribution in [0.4, 0.5) is 13.6 Å². The van der Waals surface area contributed by atoms with Crippen molar-refractivity contribution in [2.45, 2.75) is 43.4 Å². The molecule has 0 unspecified atom stereocenters. The van der Waals surface area contributed by atoms with Crippen LogP contribution in [-0.4, -0.2) is 60.2 Å². The first kappa shape index (κ1) is 23.4. The summed E-state index contributed by atoms with van der Waals surface area (Å²) in [5.74, 6) is -0.344. The largest absolute Gasteiger partial charge is 0.465 e. The van der Waals surface area contributed by atoms with Gasteiger partial charge in [0.1, 0.15) is 11.3 Å². The number of amides is 2. The Morgan fingerprint density at radius 3 is 2.67 bits per heavy atom. The van der Waals surface area contributed by atoms with Gasteiger partial charge in [-0.1, -0.05) is 6.07 Å². The number of ether oxygens (including phenoxy) is 1. The fourth-order valence-electron chi connectivity index (χ4n) is 5.82. The summed E-state index contributed by atoms with van der Waals surface area (Å²) < 4.78 is 33.1. The van der Waals surface area contributed by atoms with E-state index in [2.05, 4.69) is 15.3 Å². The molecular formula is C26H21F2N7O4. The van der Waals surface area contributed by atoms with E-state index in [4.69, 9.17) is 19.9 Å². The fraction of sp³-hybridized carbons (Fsp3) is 0.308. The standard InChI is InChI=1S/C26H21F2N7O4/c1-34-16-9-14(18-13(22(34)36)3-2-4-17(18)39-24(27)28)19-20(16)33-35-8-5-15(31-21(19)35)12-10-29-23(30-11-12)26(6-7-26)32-25(37)38/h2-5,8,10-11,14,16,24,32H,6-7,9H2,1H3,(H,37,38)/t14-,16-/m1/s1. The monoisotopic (exact) mass is 533 g/mol. The number of carbonyl (C=O) groups excluding carboxylic acids is 1. The fourth-order valence-corrected chi connectivity index (χ4v) is 5.82. The van der Waals surface area contributed by atoms with Crippen LogP contribution in [0.5, 0.6) is 5.75 Å². The molecule has 2 aliphatic carbocycles. The molecule has 39 heavy (non-hydrogen) atoms. The van der Waals surface area contributed by atoms with Crippen molar-refractivity contribution in [2.75, 3.05) is 7.05 Å². The number of halogens is 2. The smallest absolute Gasteiger partial charge is 0.405 e. The Morgan fingerprint density at radius 1 is 1.21 bits per heavy atom. The molecule has 0 radical (unpaired) electrons. The molecule has 13 heteroatoms. The van der Waals surface area contributed by atoms with Gasteiger partial charge in [0.05, 0.1) is 17.4 Å². The zero-order chi connectivity index (χ0) is 27.1. The molecule has 1 saturated carbocycles. The van der Waals surface area contributed by atoms with Crippen LogP contribution >= 0.6 is 0 Å². The molecule has 2 bridgehead atoms. The molecule has 4 heterocycles. The maximum atomic E-state index is 13.3. The van der Waals surface area contributed by atoms with Crippen LogP contribution in [0.3, 0.4) is 0 Å². The lowest BCUT2D eigenvalue weighted by Crippen LogP contribution is -2.34. The summed E-state index contributed by atoms with van der Waals surface area (Å²) in [4.78, 5) is 39.7. The Bertz CT molecular complexity index is 1670. The van der Waals surface area contributed by atoms with Gasteiger partial charge in [0.15, 0.2) is 11.5 Å². The normalized spacial score (nSPS) is 20.5. The van der Waals surface area contributed by atoms with Gasteiger partial charge in [-0.3, -0.25) is 4.79 Å². The van der Waals surface area contributed by atoms with E-state index in [9.17, 15) is 18.4 Å². The number of fused-ring (bicyclic) bond motifs is 9. The molecule has 7 rings (SSSR count). The van der Waals surface area contributed by atoms with Crippen LogP contribution in [0.1, 0.15) is 64.2 Å². The highest BCUT2D eigenvalue weighted by atomic mass is 19.3. The zero-order valence-electron chi connectivity index (χ0n) is 20.5. The molecular weight excluding hydrogens is 512 g/mol. The number of hydrogen-bond donors (Lipinski definition) is 2. The first-order chi connectivity index (χ1) is 18.8. The third-order valence-electron chi connectivity index (χ3n) is 7.79. The van der Waals surface area contributed by atoms with Crippen LogP contribution in [-0.2, 0) is 5.54 Å². The maximum Gasteiger partial charge on any atom is 0.405 e. The third-order valence-corrected chi connectivity index (χ3v) is 7.79. The van der Waals surface area contributed by atoms with Crippen molar-refractivity contribution in [1.29, 1.82) is 0 Å². The average Bonchev–Trinajstić information content (AvgIpc) is 3.48. The topological polar surface area (TPSA) is 135 Å². The number of benzene rings is 1. The predicted octanol–water partition coefficient (Wildman–Crippen LogP) is 3.71. The highest BCUT2D eigenvalue weighted by Crippen LogP contribution is 2.53. The van der Waals surface area contributed by atoms with Gasteiger partial charge in [0, 0.05) is 53.8 Å². The van der Waals surface area contributed by atoms with Gasteiger partial charge in [-0.25, -0.2) is 24.3 Å². The number of carboxylic acid groups (broad SMARTS) is 1. The van der Waals surface area contributed by atoms with Gasteiger partial charge in [0.2, 0.25) is 0 Å². The van der Waals surface area contributed by atoms with Gasteiger partial charge < -0.3 is 20.1 Å². The van der Waals surface area contributed by atoms with E-state index in [1.165, 1.54) is 12.1 Å². The summed E-state index contributed by atoms with van der Waals surface area (Å²) in [7, 11) is 1.68. The van der Waals surface area contributed by atoms with Crippen molar-refractivity contribution in [2.24, 2.45) is 0 Å². The molecule has 11 nitrogen and oxygen atoms in total. The van der Waals surface area contributed by atoms with Crippen LogP contribution in [0.2, 0.25) is 0 Å². The van der Waals surface area contributed by atoms with Crippen molar-refractivity contribution in [3.8, 4) is 17.0 Å². The quantitative estimate of drug-likeness (QED) is 0.397. The summed E-state index contributed by atoms with van der Waals surface area (Å²) in [6.45, 7) is -3.04. The minimum Gasteiger partial charge on any atom is -0.465 e. The summed E-state index contributed by atoms with van der Waals surface area (Å²) >= 11 is 0. The van der Waals surface area contributed by atoms with Crippen LogP contribution in [0.15, 0.2) is 42.9 Å². The Hall–Kier alpha value is -4.68. The molecule has 2 amide bonds. The Balaban J connectivity index is 1.33. The number of hydrogen-bond acceptors (Lipinski definition) is 7. The molecule has 2 N–H and O–H groups in total. The first-order valence-corrected chi connectivity index (χ1v) is 12.3. The second-order valence-corrected chi connectivity index (χ2v) is 10.0. The minimum absolute atomic E-state index is 0.0359. The predicted molar refractivity (Wildman–Crippen MR) is 130 cm³/mol. The van der Waals surface area contributed by atoms with Gasteiger partial charge in [-0.2, -0.15) is 13.9 Å². The van der Waals surface area contributed by atoms with E-state index in [-0.39, 0.29) is 17.7 Å². The van der Waals surface area contributed by atoms with E-state index >= 15 is 0 Å². The van der Waals surface area contributed by atoms with E-state index in [0.717, 1.165) is 5.56 Å². The lowest BCUT2D eigenvalue weighted by molar-refractivity contribution is -0.0505. The number of aromatic nitrogens is 5. The highest BCUT2D eigenvalue weighted by molar-refractivity contribution is 5.98. The molecule has 1 aromatic carbocycles. The van der Waals surface area contributed by atoms with Crippen molar-refractivity contribution in [3.63, 3.8) is 0 Å². The second kappa shape index (κ2) is 8.16. The molecule has 1 aliphatic heterocycles. The second-order valence-electron chi connectivity index (χ2n) is 10.0. The van der Waals surface area contributed by atoms with Crippen molar-refractivity contribution < 1.29 is 28.2 Å². The molecule has 2 atom stereocenters. The summed E-state index contributed by atoms with van der Waals surface area (Å²) in [6, 6.07) is 6.02. The molecule has 4 aromatic rings. The van der Waals surface area contributed by atoms with E-state index in [0.29, 0.717) is 58.8 Å². The number of rotatable bonds is 5. The van der Waals surface area contributed by atoms with E-state index in [1.54, 1.807) is 47.2 Å². The molecule has 3 aliphatic rings. The Labute approximate surface area is 219 Å². The first-order valence-electron chi connectivity index (χ1n) is 12.3. The van der Waals surface area contributed by atoms with Crippen molar-refractivity contribution in [1.82, 2.24) is 34.8 Å². The molecule has 0 saturated heterocycles. The molecule has 1 fully saturated rings. The third kappa shape index (κ3) is 3.52. The average molecular weight is 533 g/mol. The van der Waals surface area contributed by atoms with Gasteiger partial charge >= 0.3 is 12.7 Å². The zero-order valence-corrected chi connectivity index (χ0v) is 20.5. The van der Waals surface area contributed by atoms with E-state index < -0.39 is 24.2 Å². The van der Waals surface area contributed by atoms with Crippen LogP contribution in [0.25, 0.3) is 16.9 Å². The van der Waals surface area contributed by atoms with Crippen molar-refractivity contribution in [3.05, 3.63) is 71.1 Å². The molecule has 3 aromatic heterocycles. The van der Waals surface area contributed by atoms with Crippen LogP contribution in [0, 0.1) is 0 Å². The maximum absolute atomic E-state index is 13.3. The summed E-state index contributed by atoms with van der Waals surface area (Å²) in [5.41, 5.74) is 3.12. The van der Waals surface area contributed by atoms with Gasteiger partial charge in [0.25, 0.3) is 5.91 Å². The summed E-state index contributed by atoms with van der Waals surface area (Å²) in [5, 5.41) is 16.3. The number of nitrogens with zero attached hydrogens (tertiary/aromatic N) is 6. The SMILES string of the molecule is CN1C(=O)c2cccc(OC(F)F)c2[C@H]2C[C@@H]1c1nn3ccc(-c4cnc(C5(NC(=O)O)CC5)nc4)nc3c12. The lowest BCUT2D eigenvalue weighted by atomic mass is 9.89. The summed E-state index contributed by atoms with van der Waals surface area (Å²) in [6.07, 6.45) is 5.54. The molecule has 198 valence electrons. The highest BCUT2D eigenvalue weighted by Gasteiger charge is 2.49. The van der Waals surface area contributed by atoms with Crippen molar-refractivity contribution >= 4 is 17.6 Å². The number of nitrogens with one attached hydrogen (secondary N) is 1.